The van der Waals surface area contributed by atoms with Gasteiger partial charge in [0.2, 0.25) is 0 Å². The normalized spacial score (nSPS) is 13.5. The Morgan fingerprint density at radius 3 is 1.87 bits per heavy atom. The molecule has 6 heteroatoms. The van der Waals surface area contributed by atoms with E-state index in [-0.39, 0.29) is 22.0 Å². The van der Waals surface area contributed by atoms with Gasteiger partial charge in [0.1, 0.15) is 24.0 Å². The number of pyridine rings is 1. The van der Waals surface area contributed by atoms with Gasteiger partial charge in [-0.05, 0) is 123 Å². The SMILES string of the molecule is [2H]C([2H])([2H])c1c(C#N)cccc1-c1ccc2c(c1)c1ccc(Oc3cc(N4CN(c5c(-c6ccccc6)cccc5-c5ccccc5)c5ccccc54)cc(C(C)(C)C)c3)cc1n2-c1cc(C(C)(C)C)ccn1. The van der Waals surface area contributed by atoms with Crippen LogP contribution in [0, 0.1) is 18.2 Å². The number of hydrogen-bond acceptors (Lipinski definition) is 5. The molecule has 3 heterocycles. The van der Waals surface area contributed by atoms with Crippen molar-refractivity contribution in [2.45, 2.75) is 59.2 Å². The van der Waals surface area contributed by atoms with Crippen LogP contribution in [0.1, 0.15) is 67.9 Å². The van der Waals surface area contributed by atoms with E-state index in [1.807, 2.05) is 30.5 Å². The molecule has 0 bridgehead atoms. The number of aromatic nitrogens is 2. The Bertz CT molecular complexity index is 3730. The van der Waals surface area contributed by atoms with Crippen LogP contribution in [0.5, 0.6) is 11.5 Å². The highest BCUT2D eigenvalue weighted by molar-refractivity contribution is 6.11. The van der Waals surface area contributed by atoms with Crippen molar-refractivity contribution in [2.24, 2.45) is 0 Å². The van der Waals surface area contributed by atoms with Gasteiger partial charge in [-0.1, -0.05) is 151 Å². The molecule has 1 aliphatic heterocycles. The molecule has 0 fully saturated rings. The van der Waals surface area contributed by atoms with Crippen molar-refractivity contribution in [3.05, 3.63) is 217 Å². The maximum absolute atomic E-state index is 9.99. The minimum atomic E-state index is -2.49. The molecule has 70 heavy (non-hydrogen) atoms. The molecule has 0 saturated carbocycles. The summed E-state index contributed by atoms with van der Waals surface area (Å²) in [4.78, 5) is 9.79. The summed E-state index contributed by atoms with van der Waals surface area (Å²) >= 11 is 0. The van der Waals surface area contributed by atoms with Gasteiger partial charge in [0, 0.05) is 50.0 Å². The van der Waals surface area contributed by atoms with Crippen molar-refractivity contribution in [3.8, 4) is 56.8 Å². The lowest BCUT2D eigenvalue weighted by molar-refractivity contribution is 0.479. The standard InChI is InChI=1S/C64H55N5O/c1-42-46(40-65)22-16-23-52(42)45-28-31-57-56(34-45)55-30-29-50(39-60(55)69(57)61-37-47(32-33-66-61)63(2,3)4)70-51-36-48(64(5,6)7)35-49(38-51)67-41-68(59-27-15-14-26-58(59)67)62-53(43-18-10-8-11-19-43)24-17-25-54(62)44-20-12-9-13-21-44/h8-39H,41H2,1-7H3/i1D3. The molecular weight excluding hydrogens is 855 g/mol. The fourth-order valence-electron chi connectivity index (χ4n) is 9.90. The zero-order valence-corrected chi connectivity index (χ0v) is 40.3. The minimum Gasteiger partial charge on any atom is -0.457 e. The van der Waals surface area contributed by atoms with Crippen LogP contribution in [0.2, 0.25) is 0 Å². The molecule has 0 aliphatic carbocycles. The van der Waals surface area contributed by atoms with Crippen LogP contribution in [0.15, 0.2) is 194 Å². The van der Waals surface area contributed by atoms with E-state index in [9.17, 15) is 5.26 Å². The number of anilines is 4. The summed E-state index contributed by atoms with van der Waals surface area (Å²) in [7, 11) is 0. The van der Waals surface area contributed by atoms with Crippen LogP contribution in [0.4, 0.5) is 22.7 Å². The Kier molecular flexibility index (Phi) is 10.0. The zero-order valence-electron chi connectivity index (χ0n) is 43.3. The molecule has 0 unspecified atom stereocenters. The molecule has 0 atom stereocenters. The van der Waals surface area contributed by atoms with E-state index in [0.717, 1.165) is 83.8 Å². The predicted octanol–water partition coefficient (Wildman–Crippen LogP) is 17.0. The summed E-state index contributed by atoms with van der Waals surface area (Å²) in [6.45, 7) is 11.4. The van der Waals surface area contributed by atoms with Crippen LogP contribution < -0.4 is 14.5 Å². The molecule has 0 N–H and O–H groups in total. The number of rotatable bonds is 8. The van der Waals surface area contributed by atoms with Crippen LogP contribution in [-0.4, -0.2) is 16.2 Å². The van der Waals surface area contributed by atoms with E-state index in [0.29, 0.717) is 29.3 Å². The van der Waals surface area contributed by atoms with Gasteiger partial charge in [-0.2, -0.15) is 5.26 Å². The highest BCUT2D eigenvalue weighted by Crippen LogP contribution is 2.51. The highest BCUT2D eigenvalue weighted by Gasteiger charge is 2.32. The molecule has 1 aliphatic rings. The second-order valence-electron chi connectivity index (χ2n) is 20.2. The first kappa shape index (κ1) is 40.6. The molecule has 0 spiro atoms. The third-order valence-corrected chi connectivity index (χ3v) is 13.6. The maximum Gasteiger partial charge on any atom is 0.137 e. The van der Waals surface area contributed by atoms with Crippen molar-refractivity contribution < 1.29 is 8.85 Å². The summed E-state index contributed by atoms with van der Waals surface area (Å²) < 4.78 is 34.5. The molecule has 11 rings (SSSR count). The average molecular weight is 913 g/mol. The third kappa shape index (κ3) is 7.94. The number of nitriles is 1. The lowest BCUT2D eigenvalue weighted by Gasteiger charge is -2.28. The first-order valence-electron chi connectivity index (χ1n) is 25.4. The molecule has 0 radical (unpaired) electrons. The van der Waals surface area contributed by atoms with Crippen LogP contribution in [0.3, 0.4) is 0 Å². The van der Waals surface area contributed by atoms with Crippen LogP contribution in [-0.2, 0) is 10.8 Å². The third-order valence-electron chi connectivity index (χ3n) is 13.6. The Morgan fingerprint density at radius 2 is 1.20 bits per heavy atom. The van der Waals surface area contributed by atoms with E-state index in [2.05, 4.69) is 208 Å². The second-order valence-corrected chi connectivity index (χ2v) is 20.2. The molecule has 2 aromatic heterocycles. The van der Waals surface area contributed by atoms with E-state index in [1.165, 1.54) is 0 Å². The summed E-state index contributed by atoms with van der Waals surface area (Å²) in [6, 6.07) is 66.7. The predicted molar refractivity (Wildman–Crippen MR) is 290 cm³/mol. The number of para-hydroxylation sites is 3. The number of nitrogens with zero attached hydrogens (tertiary/aromatic N) is 5. The maximum atomic E-state index is 9.99. The van der Waals surface area contributed by atoms with Crippen molar-refractivity contribution >= 4 is 44.6 Å². The van der Waals surface area contributed by atoms with Gasteiger partial charge < -0.3 is 14.5 Å². The molecule has 0 saturated heterocycles. The zero-order chi connectivity index (χ0) is 50.8. The molecule has 6 nitrogen and oxygen atoms in total. The van der Waals surface area contributed by atoms with Gasteiger partial charge in [-0.3, -0.25) is 4.57 Å². The lowest BCUT2D eigenvalue weighted by atomic mass is 9.86. The first-order valence-corrected chi connectivity index (χ1v) is 23.9. The second kappa shape index (κ2) is 17.3. The lowest BCUT2D eigenvalue weighted by Crippen LogP contribution is -2.25. The molecule has 0 amide bonds. The Balaban J connectivity index is 1.04. The largest absolute Gasteiger partial charge is 0.457 e. The minimum absolute atomic E-state index is 0.0479. The Labute approximate surface area is 415 Å². The van der Waals surface area contributed by atoms with Crippen molar-refractivity contribution in [2.75, 3.05) is 16.5 Å². The van der Waals surface area contributed by atoms with E-state index < -0.39 is 6.85 Å². The summed E-state index contributed by atoms with van der Waals surface area (Å²) in [5.74, 6) is 2.12. The number of hydrogen-bond donors (Lipinski definition) is 0. The quantitative estimate of drug-likeness (QED) is 0.152. The van der Waals surface area contributed by atoms with Crippen LogP contribution >= 0.6 is 0 Å². The number of fused-ring (bicyclic) bond motifs is 4. The van der Waals surface area contributed by atoms with Gasteiger partial charge in [0.05, 0.1) is 39.7 Å². The Hall–Kier alpha value is -8.40. The molecular formula is C64H55N5O. The summed E-state index contributed by atoms with van der Waals surface area (Å²) in [5.41, 5.74) is 14.1. The highest BCUT2D eigenvalue weighted by atomic mass is 16.5. The van der Waals surface area contributed by atoms with Gasteiger partial charge in [0.25, 0.3) is 0 Å². The van der Waals surface area contributed by atoms with Crippen LogP contribution in [0.25, 0.3) is 61.0 Å². The number of benzene rings is 8. The van der Waals surface area contributed by atoms with Crippen molar-refractivity contribution in [1.82, 2.24) is 9.55 Å². The Morgan fingerprint density at radius 1 is 0.543 bits per heavy atom. The van der Waals surface area contributed by atoms with Gasteiger partial charge in [-0.25, -0.2) is 4.98 Å². The summed E-state index contributed by atoms with van der Waals surface area (Å²) in [6.07, 6.45) is 1.86. The van der Waals surface area contributed by atoms with E-state index >= 15 is 0 Å². The average Bonchev–Trinajstić information content (AvgIpc) is 3.93. The fraction of sp³-hybridized carbons (Fsp3) is 0.156. The summed E-state index contributed by atoms with van der Waals surface area (Å²) in [5, 5.41) is 11.9. The van der Waals surface area contributed by atoms with Crippen molar-refractivity contribution in [1.29, 1.82) is 5.26 Å². The first-order chi connectivity index (χ1) is 35.0. The molecule has 8 aromatic carbocycles. The van der Waals surface area contributed by atoms with Gasteiger partial charge >= 0.3 is 0 Å². The fourth-order valence-corrected chi connectivity index (χ4v) is 9.90. The topological polar surface area (TPSA) is 57.3 Å². The van der Waals surface area contributed by atoms with Crippen molar-refractivity contribution in [3.63, 3.8) is 0 Å². The van der Waals surface area contributed by atoms with Gasteiger partial charge in [-0.15, -0.1) is 0 Å². The monoisotopic (exact) mass is 912 g/mol. The van der Waals surface area contributed by atoms with E-state index in [4.69, 9.17) is 13.8 Å². The van der Waals surface area contributed by atoms with Gasteiger partial charge in [0.15, 0.2) is 0 Å². The van der Waals surface area contributed by atoms with E-state index in [1.54, 1.807) is 18.2 Å². The molecule has 10 aromatic rings. The smallest absolute Gasteiger partial charge is 0.137 e. The molecule has 342 valence electrons. The number of ether oxygens (including phenoxy) is 1.